The van der Waals surface area contributed by atoms with Gasteiger partial charge in [0.2, 0.25) is 0 Å². The Kier molecular flexibility index (Phi) is 3.71. The maximum absolute atomic E-state index is 10.6. The van der Waals surface area contributed by atoms with E-state index in [4.69, 9.17) is 5.11 Å². The number of aromatic nitrogens is 1. The quantitative estimate of drug-likeness (QED) is 0.736. The summed E-state index contributed by atoms with van der Waals surface area (Å²) in [5.74, 6) is -0.775. The average Bonchev–Trinajstić information content (AvgIpc) is 2.93. The van der Waals surface area contributed by atoms with Gasteiger partial charge in [-0.15, -0.1) is 11.3 Å². The van der Waals surface area contributed by atoms with Gasteiger partial charge in [-0.1, -0.05) is 48.2 Å². The second-order valence-corrected chi connectivity index (χ2v) is 6.32. The van der Waals surface area contributed by atoms with Gasteiger partial charge >= 0.3 is 5.97 Å². The molecule has 0 fully saturated rings. The second kappa shape index (κ2) is 5.64. The minimum Gasteiger partial charge on any atom is -0.481 e. The third kappa shape index (κ3) is 2.84. The van der Waals surface area contributed by atoms with Crippen molar-refractivity contribution >= 4 is 39.8 Å². The lowest BCUT2D eigenvalue weighted by atomic mass is 10.1. The lowest BCUT2D eigenvalue weighted by Crippen LogP contribution is -1.96. The normalized spacial score (nSPS) is 10.8. The smallest absolute Gasteiger partial charge is 0.313 e. The molecular weight excluding hydrogens is 290 g/mol. The maximum atomic E-state index is 10.6. The van der Waals surface area contributed by atoms with Crippen molar-refractivity contribution in [2.24, 2.45) is 0 Å². The number of rotatable bonds is 4. The van der Waals surface area contributed by atoms with E-state index in [1.165, 1.54) is 33.9 Å². The summed E-state index contributed by atoms with van der Waals surface area (Å²) < 4.78 is 0.788. The Morgan fingerprint density at radius 3 is 2.80 bits per heavy atom. The van der Waals surface area contributed by atoms with E-state index < -0.39 is 5.97 Å². The van der Waals surface area contributed by atoms with Gasteiger partial charge in [-0.05, 0) is 16.8 Å². The first-order valence-corrected chi connectivity index (χ1v) is 7.88. The molecule has 0 aliphatic rings. The molecule has 0 saturated heterocycles. The summed E-state index contributed by atoms with van der Waals surface area (Å²) in [6.45, 7) is 0. The summed E-state index contributed by atoms with van der Waals surface area (Å²) in [4.78, 5) is 15.0. The zero-order chi connectivity index (χ0) is 13.9. The van der Waals surface area contributed by atoms with Gasteiger partial charge < -0.3 is 5.11 Å². The number of nitrogens with zero attached hydrogens (tertiary/aromatic N) is 1. The Bertz CT molecular complexity index is 767. The van der Waals surface area contributed by atoms with Crippen molar-refractivity contribution in [2.75, 3.05) is 5.75 Å². The summed E-state index contributed by atoms with van der Waals surface area (Å²) >= 11 is 2.74. The van der Waals surface area contributed by atoms with Crippen molar-refractivity contribution in [2.45, 2.75) is 4.34 Å². The van der Waals surface area contributed by atoms with Crippen molar-refractivity contribution in [3.8, 4) is 11.3 Å². The number of fused-ring (bicyclic) bond motifs is 1. The molecule has 3 aromatic rings. The van der Waals surface area contributed by atoms with Crippen LogP contribution in [-0.2, 0) is 4.79 Å². The number of carboxylic acid groups (broad SMARTS) is 1. The molecule has 2 aromatic carbocycles. The molecule has 0 atom stereocenters. The molecule has 0 spiro atoms. The number of benzene rings is 2. The maximum Gasteiger partial charge on any atom is 0.313 e. The van der Waals surface area contributed by atoms with Crippen LogP contribution in [0.5, 0.6) is 0 Å². The number of thiazole rings is 1. The molecule has 1 aromatic heterocycles. The molecule has 5 heteroatoms. The van der Waals surface area contributed by atoms with Crippen LogP contribution in [0.25, 0.3) is 22.0 Å². The summed E-state index contributed by atoms with van der Waals surface area (Å²) in [5.41, 5.74) is 1.95. The Balaban J connectivity index is 1.89. The van der Waals surface area contributed by atoms with Crippen LogP contribution in [0.2, 0.25) is 0 Å². The van der Waals surface area contributed by atoms with Crippen LogP contribution in [0.1, 0.15) is 0 Å². The van der Waals surface area contributed by atoms with E-state index in [0.717, 1.165) is 15.6 Å². The van der Waals surface area contributed by atoms with E-state index in [-0.39, 0.29) is 5.75 Å². The van der Waals surface area contributed by atoms with E-state index in [2.05, 4.69) is 29.2 Å². The third-order valence-electron chi connectivity index (χ3n) is 2.85. The van der Waals surface area contributed by atoms with E-state index in [1.807, 2.05) is 23.6 Å². The summed E-state index contributed by atoms with van der Waals surface area (Å²) in [7, 11) is 0. The molecule has 20 heavy (non-hydrogen) atoms. The molecular formula is C15H11NO2S2. The monoisotopic (exact) mass is 301 g/mol. The highest BCUT2D eigenvalue weighted by Crippen LogP contribution is 2.29. The molecule has 0 bridgehead atoms. The first kappa shape index (κ1) is 13.1. The summed E-state index contributed by atoms with van der Waals surface area (Å²) in [5, 5.41) is 13.0. The number of aliphatic carboxylic acids is 1. The number of thioether (sulfide) groups is 1. The zero-order valence-electron chi connectivity index (χ0n) is 10.4. The van der Waals surface area contributed by atoms with Crippen LogP contribution >= 0.6 is 23.1 Å². The van der Waals surface area contributed by atoms with Crippen LogP contribution in [0.4, 0.5) is 0 Å². The van der Waals surface area contributed by atoms with Crippen molar-refractivity contribution < 1.29 is 9.90 Å². The van der Waals surface area contributed by atoms with Gasteiger partial charge in [-0.3, -0.25) is 4.79 Å². The molecule has 1 heterocycles. The van der Waals surface area contributed by atoms with Crippen LogP contribution in [0.15, 0.2) is 52.2 Å². The van der Waals surface area contributed by atoms with Crippen LogP contribution in [0.3, 0.4) is 0 Å². The average molecular weight is 301 g/mol. The standard InChI is InChI=1S/C15H11NO2S2/c17-14(18)9-20-15-16-13(8-19-15)12-6-5-10-3-1-2-4-11(10)7-12/h1-8H,9H2,(H,17,18). The lowest BCUT2D eigenvalue weighted by Gasteiger charge is -2.00. The number of carbonyl (C=O) groups is 1. The van der Waals surface area contributed by atoms with Crippen molar-refractivity contribution in [3.63, 3.8) is 0 Å². The van der Waals surface area contributed by atoms with Gasteiger partial charge in [0.1, 0.15) is 0 Å². The molecule has 0 unspecified atom stereocenters. The van der Waals surface area contributed by atoms with E-state index in [1.54, 1.807) is 0 Å². The Morgan fingerprint density at radius 2 is 2.00 bits per heavy atom. The fourth-order valence-corrected chi connectivity index (χ4v) is 3.48. The first-order chi connectivity index (χ1) is 9.72. The van der Waals surface area contributed by atoms with Gasteiger partial charge in [0.15, 0.2) is 4.34 Å². The topological polar surface area (TPSA) is 50.2 Å². The highest BCUT2D eigenvalue weighted by atomic mass is 32.2. The highest BCUT2D eigenvalue weighted by molar-refractivity contribution is 8.01. The number of hydrogen-bond donors (Lipinski definition) is 1. The number of carboxylic acids is 1. The van der Waals surface area contributed by atoms with Gasteiger partial charge in [0.05, 0.1) is 11.4 Å². The predicted molar refractivity (Wildman–Crippen MR) is 83.4 cm³/mol. The zero-order valence-corrected chi connectivity index (χ0v) is 12.1. The van der Waals surface area contributed by atoms with E-state index in [0.29, 0.717) is 0 Å². The summed E-state index contributed by atoms with van der Waals surface area (Å²) in [6.07, 6.45) is 0. The van der Waals surface area contributed by atoms with Gasteiger partial charge in [-0.25, -0.2) is 4.98 Å². The minimum absolute atomic E-state index is 0.0463. The summed E-state index contributed by atoms with van der Waals surface area (Å²) in [6, 6.07) is 14.4. The number of hydrogen-bond acceptors (Lipinski definition) is 4. The van der Waals surface area contributed by atoms with E-state index >= 15 is 0 Å². The minimum atomic E-state index is -0.822. The van der Waals surface area contributed by atoms with Crippen molar-refractivity contribution in [3.05, 3.63) is 47.8 Å². The fraction of sp³-hybridized carbons (Fsp3) is 0.0667. The largest absolute Gasteiger partial charge is 0.481 e. The SMILES string of the molecule is O=C(O)CSc1nc(-c2ccc3ccccc3c2)cs1. The van der Waals surface area contributed by atoms with E-state index in [9.17, 15) is 4.79 Å². The molecule has 0 saturated carbocycles. The van der Waals surface area contributed by atoms with Gasteiger partial charge in [0.25, 0.3) is 0 Å². The lowest BCUT2D eigenvalue weighted by molar-refractivity contribution is -0.133. The third-order valence-corrected chi connectivity index (χ3v) is 4.85. The Morgan fingerprint density at radius 1 is 1.20 bits per heavy atom. The van der Waals surface area contributed by atoms with Crippen molar-refractivity contribution in [1.29, 1.82) is 0 Å². The van der Waals surface area contributed by atoms with Crippen LogP contribution < -0.4 is 0 Å². The molecule has 1 N–H and O–H groups in total. The van der Waals surface area contributed by atoms with Crippen LogP contribution in [0, 0.1) is 0 Å². The van der Waals surface area contributed by atoms with Crippen LogP contribution in [-0.4, -0.2) is 21.8 Å². The van der Waals surface area contributed by atoms with Crippen molar-refractivity contribution in [1.82, 2.24) is 4.98 Å². The molecule has 0 aliphatic carbocycles. The first-order valence-electron chi connectivity index (χ1n) is 6.02. The molecule has 100 valence electrons. The molecule has 3 nitrogen and oxygen atoms in total. The Hall–Kier alpha value is -1.85. The molecule has 3 rings (SSSR count). The van der Waals surface area contributed by atoms with Gasteiger partial charge in [0, 0.05) is 10.9 Å². The predicted octanol–water partition coefficient (Wildman–Crippen LogP) is 4.14. The highest BCUT2D eigenvalue weighted by Gasteiger charge is 2.07. The molecule has 0 aliphatic heterocycles. The molecule has 0 radical (unpaired) electrons. The molecule has 0 amide bonds. The fourth-order valence-electron chi connectivity index (χ4n) is 1.93. The van der Waals surface area contributed by atoms with Gasteiger partial charge in [-0.2, -0.15) is 0 Å². The second-order valence-electron chi connectivity index (χ2n) is 4.24. The Labute approximate surface area is 124 Å².